The van der Waals surface area contributed by atoms with Crippen LogP contribution in [0, 0.1) is 11.6 Å². The SMILES string of the molecule is C=C(C)c1csc(C2(NCC(O)C(Cc3cc(F)cc(F)c3)NC(C)=O)CCCCC2)c1.[Pd].c1ccc(P(c2ccccc2)c2ccccc2)cc1.c1ccc(P(c2ccccc2)c2ccccc2)cc1.c1ccc(P(c2ccccc2)c2ccccc2)cc1.c1ccc(P(c2ccccc2)c2ccccc2)cc1. The number of aliphatic hydroxyl groups is 1. The van der Waals surface area contributed by atoms with E-state index in [0.29, 0.717) is 5.56 Å². The predicted octanol–water partition coefficient (Wildman–Crippen LogP) is 18.7. The molecule has 109 heavy (non-hydrogen) atoms. The molecular formula is C97H92F2N2O2P4PdS. The quantitative estimate of drug-likeness (QED) is 0.0496. The summed E-state index contributed by atoms with van der Waals surface area (Å²) in [4.78, 5) is 13.0. The number of carbonyl (C=O) groups excluding carboxylic acids is 1. The number of carbonyl (C=O) groups is 1. The fourth-order valence-corrected chi connectivity index (χ4v) is 23.6. The van der Waals surface area contributed by atoms with Crippen molar-refractivity contribution in [3.8, 4) is 0 Å². The van der Waals surface area contributed by atoms with E-state index in [1.54, 1.807) is 11.3 Å². The average Bonchev–Trinajstić information content (AvgIpc) is 1.45. The van der Waals surface area contributed by atoms with Gasteiger partial charge in [0.1, 0.15) is 11.6 Å². The molecule has 552 valence electrons. The minimum Gasteiger partial charge on any atom is -0.390 e. The van der Waals surface area contributed by atoms with Gasteiger partial charge in [-0.05, 0) is 156 Å². The van der Waals surface area contributed by atoms with E-state index in [1.807, 2.05) is 6.92 Å². The Morgan fingerprint density at radius 3 is 0.844 bits per heavy atom. The van der Waals surface area contributed by atoms with Crippen LogP contribution in [0.15, 0.2) is 400 Å². The van der Waals surface area contributed by atoms with Crippen LogP contribution in [0.1, 0.15) is 62.0 Å². The first-order chi connectivity index (χ1) is 53.0. The molecule has 0 saturated heterocycles. The number of hydrogen-bond donors (Lipinski definition) is 3. The Hall–Kier alpha value is -9.07. The summed E-state index contributed by atoms with van der Waals surface area (Å²) in [5, 5.41) is 36.2. The van der Waals surface area contributed by atoms with Gasteiger partial charge in [-0.2, -0.15) is 0 Å². The molecule has 1 aliphatic carbocycles. The van der Waals surface area contributed by atoms with Crippen molar-refractivity contribution < 1.29 is 39.1 Å². The minimum atomic E-state index is -0.926. The molecule has 12 heteroatoms. The number of thiophene rings is 1. The number of benzene rings is 13. The predicted molar refractivity (Wildman–Crippen MR) is 466 cm³/mol. The van der Waals surface area contributed by atoms with Crippen molar-refractivity contribution in [3.63, 3.8) is 0 Å². The summed E-state index contributed by atoms with van der Waals surface area (Å²) in [6, 6.07) is 134. The van der Waals surface area contributed by atoms with E-state index in [0.717, 1.165) is 42.9 Å². The zero-order valence-corrected chi connectivity index (χ0v) is 67.4. The summed E-state index contributed by atoms with van der Waals surface area (Å²) in [7, 11) is -1.78. The number of amides is 1. The zero-order valence-electron chi connectivity index (χ0n) is 61.5. The third kappa shape index (κ3) is 24.7. The van der Waals surface area contributed by atoms with Crippen molar-refractivity contribution in [3.05, 3.63) is 428 Å². The second kappa shape index (κ2) is 43.9. The number of halogens is 2. The molecular weight excluding hydrogens is 1530 g/mol. The number of rotatable bonds is 21. The van der Waals surface area contributed by atoms with Crippen LogP contribution < -0.4 is 74.3 Å². The molecule has 0 spiro atoms. The summed E-state index contributed by atoms with van der Waals surface area (Å²) in [5.41, 5.74) is 2.30. The average molecular weight is 1620 g/mol. The van der Waals surface area contributed by atoms with Gasteiger partial charge in [0.15, 0.2) is 0 Å². The van der Waals surface area contributed by atoms with E-state index in [9.17, 15) is 18.7 Å². The fraction of sp³-hybridized carbons (Fsp3) is 0.124. The smallest absolute Gasteiger partial charge is 0.217 e. The van der Waals surface area contributed by atoms with E-state index in [2.05, 4.69) is 393 Å². The van der Waals surface area contributed by atoms with Crippen molar-refractivity contribution in [1.29, 1.82) is 0 Å². The maximum atomic E-state index is 13.6. The molecule has 1 fully saturated rings. The molecule has 3 N–H and O–H groups in total. The first kappa shape index (κ1) is 82.4. The monoisotopic (exact) mass is 1620 g/mol. The molecule has 15 rings (SSSR count). The van der Waals surface area contributed by atoms with Gasteiger partial charge in [-0.15, -0.1) is 11.3 Å². The summed E-state index contributed by atoms with van der Waals surface area (Å²) in [5.74, 6) is -1.66. The fourth-order valence-electron chi connectivity index (χ4n) is 13.2. The first-order valence-electron chi connectivity index (χ1n) is 36.7. The van der Waals surface area contributed by atoms with Crippen molar-refractivity contribution >= 4 is 118 Å². The van der Waals surface area contributed by atoms with Crippen LogP contribution in [0.2, 0.25) is 0 Å². The van der Waals surface area contributed by atoms with Gasteiger partial charge in [-0.3, -0.25) is 4.79 Å². The Morgan fingerprint density at radius 2 is 0.633 bits per heavy atom. The molecule has 2 unspecified atom stereocenters. The molecule has 2 atom stereocenters. The summed E-state index contributed by atoms with van der Waals surface area (Å²) in [6.07, 6.45) is 4.52. The van der Waals surface area contributed by atoms with Gasteiger partial charge in [0.2, 0.25) is 5.91 Å². The standard InChI is InChI=1S/C25H32F2N2O2S.4C18H15P.Pd/c1-16(2)19-12-24(32-15-19)25(7-5-4-6-8-25)28-14-23(31)22(29-17(3)30)11-18-9-20(26)13-21(27)10-18;4*1-4-10-16(11-5-1)19(17-12-6-2-7-13-17)18-14-8-3-9-15-18;/h9-10,12-13,15,22-23,28,31H,1,4-8,11,14H2,2-3H3,(H,29,30);4*1-15H;. The van der Waals surface area contributed by atoms with Crippen LogP contribution in [0.5, 0.6) is 0 Å². The summed E-state index contributed by atoms with van der Waals surface area (Å²) < 4.78 is 27.2. The van der Waals surface area contributed by atoms with Gasteiger partial charge < -0.3 is 15.7 Å². The largest absolute Gasteiger partial charge is 0.390 e. The van der Waals surface area contributed by atoms with Crippen LogP contribution in [-0.4, -0.2) is 29.7 Å². The van der Waals surface area contributed by atoms with Crippen molar-refractivity contribution in [2.24, 2.45) is 0 Å². The van der Waals surface area contributed by atoms with E-state index in [1.165, 1.54) is 94.0 Å². The second-order valence-electron chi connectivity index (χ2n) is 26.2. The number of allylic oxidation sites excluding steroid dienone is 1. The topological polar surface area (TPSA) is 61.4 Å². The Balaban J connectivity index is 0.000000147. The van der Waals surface area contributed by atoms with E-state index in [-0.39, 0.29) is 44.8 Å². The molecule has 1 saturated carbocycles. The molecule has 4 nitrogen and oxygen atoms in total. The third-order valence-corrected chi connectivity index (χ3v) is 29.2. The van der Waals surface area contributed by atoms with Gasteiger partial charge in [-0.1, -0.05) is 395 Å². The number of nitrogens with one attached hydrogen (secondary N) is 2. The molecule has 0 bridgehead atoms. The molecule has 14 aromatic rings. The Labute approximate surface area is 667 Å². The number of hydrogen-bond acceptors (Lipinski definition) is 4. The molecule has 1 aromatic heterocycles. The summed E-state index contributed by atoms with van der Waals surface area (Å²) in [6.45, 7) is 7.65. The van der Waals surface area contributed by atoms with E-state index >= 15 is 0 Å². The molecule has 1 amide bonds. The van der Waals surface area contributed by atoms with Crippen LogP contribution >= 0.6 is 43.0 Å². The second-order valence-corrected chi connectivity index (χ2v) is 36.0. The van der Waals surface area contributed by atoms with Crippen LogP contribution in [0.25, 0.3) is 5.57 Å². The summed E-state index contributed by atoms with van der Waals surface area (Å²) >= 11 is 1.70. The molecule has 0 radical (unpaired) electrons. The van der Waals surface area contributed by atoms with Crippen molar-refractivity contribution in [2.45, 2.75) is 70.1 Å². The molecule has 1 heterocycles. The zero-order chi connectivity index (χ0) is 75.0. The van der Waals surface area contributed by atoms with Crippen LogP contribution in [-0.2, 0) is 37.2 Å². The Kier molecular flexibility index (Phi) is 33.2. The first-order valence-corrected chi connectivity index (χ1v) is 42.9. The van der Waals surface area contributed by atoms with Gasteiger partial charge in [-0.25, -0.2) is 8.78 Å². The number of aliphatic hydroxyl groups excluding tert-OH is 1. The maximum Gasteiger partial charge on any atom is 0.217 e. The van der Waals surface area contributed by atoms with E-state index in [4.69, 9.17) is 0 Å². The van der Waals surface area contributed by atoms with Crippen molar-refractivity contribution in [1.82, 2.24) is 10.6 Å². The molecule has 1 aliphatic rings. The molecule has 0 aliphatic heterocycles. The van der Waals surface area contributed by atoms with Crippen LogP contribution in [0.4, 0.5) is 8.78 Å². The van der Waals surface area contributed by atoms with Crippen molar-refractivity contribution in [2.75, 3.05) is 6.54 Å². The van der Waals surface area contributed by atoms with Gasteiger partial charge in [0.25, 0.3) is 0 Å². The maximum absolute atomic E-state index is 13.6. The third-order valence-electron chi connectivity index (χ3n) is 18.3. The van der Waals surface area contributed by atoms with Gasteiger partial charge in [0, 0.05) is 44.8 Å². The van der Waals surface area contributed by atoms with Crippen LogP contribution in [0.3, 0.4) is 0 Å². The minimum absolute atomic E-state index is 0. The Morgan fingerprint density at radius 1 is 0.394 bits per heavy atom. The van der Waals surface area contributed by atoms with Gasteiger partial charge in [0.05, 0.1) is 17.7 Å². The normalized spacial score (nSPS) is 12.5. The van der Waals surface area contributed by atoms with Gasteiger partial charge >= 0.3 is 0 Å². The van der Waals surface area contributed by atoms with E-state index < -0.39 is 55.5 Å². The Bertz CT molecular complexity index is 4030. The molecule has 13 aromatic carbocycles.